The molecule has 0 aliphatic carbocycles. The van der Waals surface area contributed by atoms with Crippen molar-refractivity contribution in [2.45, 2.75) is 26.8 Å². The average Bonchev–Trinajstić information content (AvgIpc) is 2.87. The maximum Gasteiger partial charge on any atom is 0.307 e. The van der Waals surface area contributed by atoms with Gasteiger partial charge in [-0.25, -0.2) is 4.98 Å². The number of oxazole rings is 1. The largest absolute Gasteiger partial charge is 0.431 e. The standard InChI is InChI=1S/C11H16N4O/c1-3-4-12-7-10-8-16-11(14-10)15-6-5-13-9(15)2/h5-6,8,12H,3-4,7H2,1-2H3. The van der Waals surface area contributed by atoms with Gasteiger partial charge in [0, 0.05) is 18.9 Å². The lowest BCUT2D eigenvalue weighted by Crippen LogP contribution is -2.14. The van der Waals surface area contributed by atoms with Gasteiger partial charge < -0.3 is 9.73 Å². The molecule has 0 aliphatic heterocycles. The topological polar surface area (TPSA) is 55.9 Å². The van der Waals surface area contributed by atoms with Gasteiger partial charge in [0.05, 0.1) is 5.69 Å². The average molecular weight is 220 g/mol. The summed E-state index contributed by atoms with van der Waals surface area (Å²) in [5, 5.41) is 3.28. The maximum atomic E-state index is 5.39. The Morgan fingerprint density at radius 2 is 2.38 bits per heavy atom. The Morgan fingerprint density at radius 1 is 1.50 bits per heavy atom. The van der Waals surface area contributed by atoms with Gasteiger partial charge in [0.15, 0.2) is 0 Å². The molecule has 0 unspecified atom stereocenters. The molecule has 2 heterocycles. The summed E-state index contributed by atoms with van der Waals surface area (Å²) in [5.41, 5.74) is 0.913. The molecule has 0 saturated heterocycles. The summed E-state index contributed by atoms with van der Waals surface area (Å²) in [7, 11) is 0. The first kappa shape index (κ1) is 10.9. The first-order valence-electron chi connectivity index (χ1n) is 5.46. The van der Waals surface area contributed by atoms with Crippen LogP contribution in [0.4, 0.5) is 0 Å². The Morgan fingerprint density at radius 3 is 3.06 bits per heavy atom. The van der Waals surface area contributed by atoms with Crippen molar-refractivity contribution in [3.05, 3.63) is 30.2 Å². The zero-order valence-electron chi connectivity index (χ0n) is 9.60. The quantitative estimate of drug-likeness (QED) is 0.779. The van der Waals surface area contributed by atoms with Crippen molar-refractivity contribution in [1.82, 2.24) is 19.9 Å². The van der Waals surface area contributed by atoms with Crippen LogP contribution >= 0.6 is 0 Å². The Hall–Kier alpha value is -1.62. The predicted molar refractivity (Wildman–Crippen MR) is 60.4 cm³/mol. The highest BCUT2D eigenvalue weighted by Gasteiger charge is 2.07. The summed E-state index contributed by atoms with van der Waals surface area (Å²) in [6.07, 6.45) is 6.36. The molecule has 0 atom stereocenters. The third kappa shape index (κ3) is 2.30. The number of rotatable bonds is 5. The molecule has 0 aromatic carbocycles. The predicted octanol–water partition coefficient (Wildman–Crippen LogP) is 1.67. The van der Waals surface area contributed by atoms with Crippen molar-refractivity contribution in [2.75, 3.05) is 6.54 Å². The molecule has 0 radical (unpaired) electrons. The zero-order valence-corrected chi connectivity index (χ0v) is 9.60. The van der Waals surface area contributed by atoms with E-state index in [0.29, 0.717) is 6.01 Å². The van der Waals surface area contributed by atoms with Crippen molar-refractivity contribution < 1.29 is 4.42 Å². The first-order valence-corrected chi connectivity index (χ1v) is 5.46. The van der Waals surface area contributed by atoms with Crippen LogP contribution in [-0.4, -0.2) is 21.1 Å². The van der Waals surface area contributed by atoms with Gasteiger partial charge in [-0.15, -0.1) is 0 Å². The van der Waals surface area contributed by atoms with E-state index in [4.69, 9.17) is 4.42 Å². The molecule has 0 spiro atoms. The highest BCUT2D eigenvalue weighted by Crippen LogP contribution is 2.09. The van der Waals surface area contributed by atoms with Crippen LogP contribution in [0.5, 0.6) is 0 Å². The second kappa shape index (κ2) is 4.94. The van der Waals surface area contributed by atoms with Crippen LogP contribution in [-0.2, 0) is 6.54 Å². The fourth-order valence-electron chi connectivity index (χ4n) is 1.46. The number of hydrogen-bond donors (Lipinski definition) is 1. The number of aryl methyl sites for hydroxylation is 1. The molecule has 0 amide bonds. The Kier molecular flexibility index (Phi) is 3.36. The van der Waals surface area contributed by atoms with E-state index in [9.17, 15) is 0 Å². The van der Waals surface area contributed by atoms with Crippen molar-refractivity contribution in [1.29, 1.82) is 0 Å². The lowest BCUT2D eigenvalue weighted by atomic mass is 10.4. The van der Waals surface area contributed by atoms with E-state index in [0.717, 1.165) is 31.0 Å². The van der Waals surface area contributed by atoms with Gasteiger partial charge in [0.25, 0.3) is 0 Å². The van der Waals surface area contributed by atoms with E-state index in [2.05, 4.69) is 22.2 Å². The summed E-state index contributed by atoms with van der Waals surface area (Å²) in [4.78, 5) is 8.50. The van der Waals surface area contributed by atoms with E-state index in [1.807, 2.05) is 17.7 Å². The first-order chi connectivity index (χ1) is 7.81. The van der Waals surface area contributed by atoms with Gasteiger partial charge in [-0.1, -0.05) is 6.92 Å². The van der Waals surface area contributed by atoms with Crippen LogP contribution in [0.25, 0.3) is 6.01 Å². The minimum atomic E-state index is 0.572. The molecule has 0 fully saturated rings. The number of hydrogen-bond acceptors (Lipinski definition) is 4. The number of nitrogens with one attached hydrogen (secondary N) is 1. The normalized spacial score (nSPS) is 10.9. The molecular weight excluding hydrogens is 204 g/mol. The molecule has 2 aromatic rings. The van der Waals surface area contributed by atoms with Gasteiger partial charge in [0.2, 0.25) is 0 Å². The number of imidazole rings is 1. The second-order valence-electron chi connectivity index (χ2n) is 3.64. The van der Waals surface area contributed by atoms with Gasteiger partial charge >= 0.3 is 6.01 Å². The van der Waals surface area contributed by atoms with Crippen molar-refractivity contribution >= 4 is 0 Å². The van der Waals surface area contributed by atoms with Crippen LogP contribution < -0.4 is 5.32 Å². The van der Waals surface area contributed by atoms with Gasteiger partial charge in [0.1, 0.15) is 12.1 Å². The highest BCUT2D eigenvalue weighted by molar-refractivity contribution is 5.13. The summed E-state index contributed by atoms with van der Waals surface area (Å²) in [6, 6.07) is 0.572. The van der Waals surface area contributed by atoms with Crippen LogP contribution in [0.2, 0.25) is 0 Å². The monoisotopic (exact) mass is 220 g/mol. The summed E-state index contributed by atoms with van der Waals surface area (Å²) in [6.45, 7) is 5.78. The minimum Gasteiger partial charge on any atom is -0.431 e. The highest BCUT2D eigenvalue weighted by atomic mass is 16.4. The van der Waals surface area contributed by atoms with Gasteiger partial charge in [-0.3, -0.25) is 4.57 Å². The number of aromatic nitrogens is 3. The van der Waals surface area contributed by atoms with Crippen LogP contribution in [0, 0.1) is 6.92 Å². The van der Waals surface area contributed by atoms with E-state index in [-0.39, 0.29) is 0 Å². The molecule has 0 saturated carbocycles. The van der Waals surface area contributed by atoms with Crippen LogP contribution in [0.1, 0.15) is 24.9 Å². The maximum absolute atomic E-state index is 5.39. The van der Waals surface area contributed by atoms with Crippen LogP contribution in [0.3, 0.4) is 0 Å². The Bertz CT molecular complexity index is 446. The molecule has 0 aliphatic rings. The molecule has 0 bridgehead atoms. The molecular formula is C11H16N4O. The third-order valence-corrected chi connectivity index (χ3v) is 2.30. The summed E-state index contributed by atoms with van der Waals surface area (Å²) in [5.74, 6) is 0.870. The molecule has 16 heavy (non-hydrogen) atoms. The molecule has 5 heteroatoms. The van der Waals surface area contributed by atoms with E-state index < -0.39 is 0 Å². The van der Waals surface area contributed by atoms with Crippen molar-refractivity contribution in [2.24, 2.45) is 0 Å². The third-order valence-electron chi connectivity index (χ3n) is 2.30. The fourth-order valence-corrected chi connectivity index (χ4v) is 1.46. The lowest BCUT2D eigenvalue weighted by molar-refractivity contribution is 0.522. The van der Waals surface area contributed by atoms with Crippen LogP contribution in [0.15, 0.2) is 23.1 Å². The van der Waals surface area contributed by atoms with Crippen molar-refractivity contribution in [3.8, 4) is 6.01 Å². The minimum absolute atomic E-state index is 0.572. The zero-order chi connectivity index (χ0) is 11.4. The van der Waals surface area contributed by atoms with E-state index in [1.54, 1.807) is 12.5 Å². The van der Waals surface area contributed by atoms with Gasteiger partial charge in [-0.05, 0) is 19.9 Å². The second-order valence-corrected chi connectivity index (χ2v) is 3.64. The van der Waals surface area contributed by atoms with Gasteiger partial charge in [-0.2, -0.15) is 4.98 Å². The number of nitrogens with zero attached hydrogens (tertiary/aromatic N) is 3. The molecule has 1 N–H and O–H groups in total. The molecule has 86 valence electrons. The van der Waals surface area contributed by atoms with E-state index >= 15 is 0 Å². The molecule has 2 aromatic heterocycles. The summed E-state index contributed by atoms with van der Waals surface area (Å²) < 4.78 is 7.22. The Balaban J connectivity index is 2.05. The smallest absolute Gasteiger partial charge is 0.307 e. The SMILES string of the molecule is CCCNCc1coc(-n2ccnc2C)n1. The van der Waals surface area contributed by atoms with Crippen molar-refractivity contribution in [3.63, 3.8) is 0 Å². The van der Waals surface area contributed by atoms with E-state index in [1.165, 1.54) is 0 Å². The Labute approximate surface area is 94.5 Å². The molecule has 5 nitrogen and oxygen atoms in total. The lowest BCUT2D eigenvalue weighted by Gasteiger charge is -1.98. The fraction of sp³-hybridized carbons (Fsp3) is 0.455. The summed E-state index contributed by atoms with van der Waals surface area (Å²) >= 11 is 0. The molecule has 2 rings (SSSR count).